The smallest absolute Gasteiger partial charge is 0.303 e. The van der Waals surface area contributed by atoms with Gasteiger partial charge in [-0.15, -0.1) is 0 Å². The zero-order valence-corrected chi connectivity index (χ0v) is 22.8. The number of H-pyrrole nitrogens is 2. The summed E-state index contributed by atoms with van der Waals surface area (Å²) in [4.78, 5) is 41.9. The van der Waals surface area contributed by atoms with Crippen LogP contribution in [0.4, 0.5) is 0 Å². The van der Waals surface area contributed by atoms with Crippen LogP contribution in [0.2, 0.25) is 0 Å². The van der Waals surface area contributed by atoms with Crippen LogP contribution in [0.15, 0.2) is 24.8 Å². The summed E-state index contributed by atoms with van der Waals surface area (Å²) >= 11 is 0. The van der Waals surface area contributed by atoms with Gasteiger partial charge in [-0.2, -0.15) is 0 Å². The lowest BCUT2D eigenvalue weighted by atomic mass is 9.93. The molecule has 3 aromatic heterocycles. The van der Waals surface area contributed by atoms with Gasteiger partial charge in [-0.1, -0.05) is 19.6 Å². The van der Waals surface area contributed by atoms with Crippen LogP contribution in [0.3, 0.4) is 0 Å². The molecule has 7 heteroatoms. The monoisotopic (exact) mass is 520 g/mol. The molecule has 1 atom stereocenters. The van der Waals surface area contributed by atoms with E-state index < -0.39 is 5.97 Å². The van der Waals surface area contributed by atoms with Crippen LogP contribution in [0.1, 0.15) is 94.4 Å². The van der Waals surface area contributed by atoms with Gasteiger partial charge in [0.1, 0.15) is 0 Å². The number of hydrogen-bond acceptors (Lipinski definition) is 4. The molecule has 3 aromatic rings. The number of Topliss-reactive ketones (excluding diaryl/α,β-unsaturated/α-hetero) is 1. The Morgan fingerprint density at radius 3 is 2.54 bits per heavy atom. The molecular formula is C32H32N4O3. The molecule has 0 spiro atoms. The summed E-state index contributed by atoms with van der Waals surface area (Å²) in [6.07, 6.45) is 4.13. The first-order valence-electron chi connectivity index (χ1n) is 13.5. The molecule has 2 aliphatic heterocycles. The predicted octanol–water partition coefficient (Wildman–Crippen LogP) is 6.85. The third kappa shape index (κ3) is 3.95. The zero-order chi connectivity index (χ0) is 27.6. The number of rotatable bonds is 5. The molecule has 5 heterocycles. The number of nitrogens with zero attached hydrogens (tertiary/aromatic N) is 2. The molecule has 0 saturated carbocycles. The van der Waals surface area contributed by atoms with Crippen molar-refractivity contribution in [3.05, 3.63) is 75.4 Å². The molecule has 1 aliphatic carbocycles. The second-order valence-electron chi connectivity index (χ2n) is 10.8. The van der Waals surface area contributed by atoms with E-state index >= 15 is 0 Å². The molecule has 3 N–H and O–H groups in total. The molecule has 0 aromatic carbocycles. The van der Waals surface area contributed by atoms with Crippen LogP contribution in [0, 0.1) is 13.8 Å². The Hall–Kier alpha value is -4.26. The number of carbonyl (C=O) groups is 2. The van der Waals surface area contributed by atoms with Crippen LogP contribution in [-0.4, -0.2) is 36.8 Å². The molecule has 0 fully saturated rings. The molecule has 0 saturated heterocycles. The van der Waals surface area contributed by atoms with E-state index in [1.54, 1.807) is 0 Å². The molecule has 0 radical (unpaired) electrons. The van der Waals surface area contributed by atoms with Crippen molar-refractivity contribution < 1.29 is 14.7 Å². The quantitative estimate of drug-likeness (QED) is 0.341. The van der Waals surface area contributed by atoms with E-state index in [0.29, 0.717) is 18.4 Å². The van der Waals surface area contributed by atoms with Crippen molar-refractivity contribution in [2.24, 2.45) is 0 Å². The average molecular weight is 521 g/mol. The van der Waals surface area contributed by atoms with Crippen LogP contribution >= 0.6 is 0 Å². The Bertz CT molecular complexity index is 1800. The highest BCUT2D eigenvalue weighted by Crippen LogP contribution is 2.39. The minimum atomic E-state index is -0.828. The van der Waals surface area contributed by atoms with Gasteiger partial charge in [0.15, 0.2) is 5.78 Å². The Morgan fingerprint density at radius 1 is 1.08 bits per heavy atom. The number of carbonyl (C=O) groups excluding carboxylic acids is 1. The van der Waals surface area contributed by atoms with Crippen molar-refractivity contribution >= 4 is 51.0 Å². The highest BCUT2D eigenvalue weighted by molar-refractivity contribution is 6.13. The van der Waals surface area contributed by atoms with Crippen LogP contribution in [0.25, 0.3) is 39.3 Å². The molecule has 0 unspecified atom stereocenters. The first-order chi connectivity index (χ1) is 18.7. The number of nitrogens with one attached hydrogen (secondary N) is 2. The van der Waals surface area contributed by atoms with Gasteiger partial charge >= 0.3 is 5.97 Å². The van der Waals surface area contributed by atoms with Crippen molar-refractivity contribution in [2.75, 3.05) is 0 Å². The molecule has 6 rings (SSSR count). The molecular weight excluding hydrogens is 488 g/mol. The van der Waals surface area contributed by atoms with Crippen molar-refractivity contribution in [3.8, 4) is 0 Å². The standard InChI is InChI=1S/C32H32N4O3/c1-6-20-15(3)23-11-19-10-18(8-9-29(38)39)31(33-19)22-12-28(37)30-17(5)25(36-32(22)30)14-27-21(7-2)16(4)24(35-27)13-26(20)34-23/h6,11,13-14,18,34,36H,1,7-10,12H2,2-5H3,(H,38,39)/t18-/m0/s1. The maximum atomic E-state index is 13.3. The summed E-state index contributed by atoms with van der Waals surface area (Å²) in [5, 5.41) is 9.41. The molecule has 39 heavy (non-hydrogen) atoms. The highest BCUT2D eigenvalue weighted by atomic mass is 16.4. The number of carboxylic acids is 1. The topological polar surface area (TPSA) is 112 Å². The zero-order valence-electron chi connectivity index (χ0n) is 22.8. The van der Waals surface area contributed by atoms with E-state index in [2.05, 4.69) is 55.5 Å². The number of aliphatic carboxylic acids is 1. The van der Waals surface area contributed by atoms with Crippen LogP contribution < -0.4 is 0 Å². The number of aryl methyl sites for hydroxylation is 2. The SMILES string of the molecule is C=Cc1c(C)c2cc3nc(c4c5[nH]c(cc6nc(cc1[nH]2)C(C)=C6CC)c(C)c5C(=O)C4)[C@@H](CCC(=O)O)C3. The summed E-state index contributed by atoms with van der Waals surface area (Å²) in [6.45, 7) is 12.3. The Balaban J connectivity index is 1.75. The van der Waals surface area contributed by atoms with Crippen molar-refractivity contribution in [3.63, 3.8) is 0 Å². The van der Waals surface area contributed by atoms with E-state index in [0.717, 1.165) is 79.1 Å². The second-order valence-corrected chi connectivity index (χ2v) is 10.8. The van der Waals surface area contributed by atoms with Gasteiger partial charge in [0.05, 0.1) is 16.9 Å². The summed E-state index contributed by atoms with van der Waals surface area (Å²) in [6, 6.07) is 6.19. The molecule has 7 nitrogen and oxygen atoms in total. The lowest BCUT2D eigenvalue weighted by Crippen LogP contribution is -2.05. The van der Waals surface area contributed by atoms with Crippen LogP contribution in [-0.2, 0) is 17.6 Å². The summed E-state index contributed by atoms with van der Waals surface area (Å²) in [5.41, 5.74) is 14.0. The third-order valence-corrected chi connectivity index (χ3v) is 8.51. The van der Waals surface area contributed by atoms with Crippen molar-refractivity contribution in [2.45, 2.75) is 65.7 Å². The largest absolute Gasteiger partial charge is 0.481 e. The molecule has 0 amide bonds. The van der Waals surface area contributed by atoms with Gasteiger partial charge in [-0.25, -0.2) is 4.98 Å². The Morgan fingerprint density at radius 2 is 1.82 bits per heavy atom. The van der Waals surface area contributed by atoms with E-state index in [1.165, 1.54) is 5.57 Å². The molecule has 8 bridgehead atoms. The molecule has 3 aliphatic rings. The van der Waals surface area contributed by atoms with Gasteiger partial charge in [-0.3, -0.25) is 14.6 Å². The van der Waals surface area contributed by atoms with E-state index in [4.69, 9.17) is 9.97 Å². The fourth-order valence-corrected chi connectivity index (χ4v) is 6.42. The third-order valence-electron chi connectivity index (χ3n) is 8.51. The van der Waals surface area contributed by atoms with Gasteiger partial charge in [0.2, 0.25) is 0 Å². The second kappa shape index (κ2) is 9.19. The fraction of sp³-hybridized carbons (Fsp3) is 0.312. The van der Waals surface area contributed by atoms with Gasteiger partial charge in [0, 0.05) is 63.4 Å². The maximum Gasteiger partial charge on any atom is 0.303 e. The number of hydrogen-bond donors (Lipinski definition) is 3. The van der Waals surface area contributed by atoms with Crippen molar-refractivity contribution in [1.29, 1.82) is 0 Å². The van der Waals surface area contributed by atoms with E-state index in [-0.39, 0.29) is 24.5 Å². The Kier molecular flexibility index (Phi) is 5.90. The van der Waals surface area contributed by atoms with Gasteiger partial charge < -0.3 is 15.1 Å². The predicted molar refractivity (Wildman–Crippen MR) is 155 cm³/mol. The number of fused-ring (bicyclic) bond motifs is 8. The van der Waals surface area contributed by atoms with Crippen molar-refractivity contribution in [1.82, 2.24) is 19.9 Å². The van der Waals surface area contributed by atoms with E-state index in [9.17, 15) is 14.7 Å². The first kappa shape index (κ1) is 25.0. The lowest BCUT2D eigenvalue weighted by molar-refractivity contribution is -0.137. The average Bonchev–Trinajstić information content (AvgIpc) is 3.66. The fourth-order valence-electron chi connectivity index (χ4n) is 6.42. The minimum absolute atomic E-state index is 0.0546. The number of allylic oxidation sites excluding steroid dienone is 2. The normalized spacial score (nSPS) is 16.3. The maximum absolute atomic E-state index is 13.3. The highest BCUT2D eigenvalue weighted by Gasteiger charge is 2.32. The molecule has 198 valence electrons. The summed E-state index contributed by atoms with van der Waals surface area (Å²) in [5.74, 6) is -0.824. The first-order valence-corrected chi connectivity index (χ1v) is 13.5. The Labute approximate surface area is 226 Å². The summed E-state index contributed by atoms with van der Waals surface area (Å²) < 4.78 is 0. The lowest BCUT2D eigenvalue weighted by Gasteiger charge is -2.09. The minimum Gasteiger partial charge on any atom is -0.481 e. The van der Waals surface area contributed by atoms with Gasteiger partial charge in [-0.05, 0) is 80.5 Å². The van der Waals surface area contributed by atoms with Gasteiger partial charge in [0.25, 0.3) is 0 Å². The number of carboxylic acid groups (broad SMARTS) is 1. The summed E-state index contributed by atoms with van der Waals surface area (Å²) in [7, 11) is 0. The number of aromatic nitrogens is 4. The number of ketones is 1. The number of aromatic amines is 2. The van der Waals surface area contributed by atoms with E-state index in [1.807, 2.05) is 13.0 Å². The van der Waals surface area contributed by atoms with Crippen LogP contribution in [0.5, 0.6) is 0 Å².